The van der Waals surface area contributed by atoms with Gasteiger partial charge in [0.1, 0.15) is 0 Å². The molecule has 0 aromatic carbocycles. The van der Waals surface area contributed by atoms with Crippen molar-refractivity contribution in [2.75, 3.05) is 13.1 Å². The first-order valence-corrected chi connectivity index (χ1v) is 2.12. The van der Waals surface area contributed by atoms with Crippen LogP contribution in [0.3, 0.4) is 0 Å². The third-order valence-corrected chi connectivity index (χ3v) is 0.500. The fourth-order valence-electron chi connectivity index (χ4n) is 0.250. The smallest absolute Gasteiger partial charge is 0 e. The standard InChI is InChI=1S/C4H11N.Hf/c1-3-5-4-2;/h5H,3-4H2,1-2H3;. The molecule has 0 aromatic heterocycles. The van der Waals surface area contributed by atoms with Crippen molar-refractivity contribution >= 4 is 0 Å². The van der Waals surface area contributed by atoms with Crippen molar-refractivity contribution in [1.82, 2.24) is 5.32 Å². The van der Waals surface area contributed by atoms with Gasteiger partial charge < -0.3 is 5.32 Å². The number of hydrogen-bond donors (Lipinski definition) is 1. The monoisotopic (exact) mass is 253 g/mol. The van der Waals surface area contributed by atoms with Crippen LogP contribution in [0.1, 0.15) is 13.8 Å². The van der Waals surface area contributed by atoms with Crippen LogP contribution in [0.15, 0.2) is 0 Å². The minimum absolute atomic E-state index is 0. The van der Waals surface area contributed by atoms with E-state index in [-0.39, 0.29) is 25.8 Å². The Kier molecular flexibility index (Phi) is 15.4. The van der Waals surface area contributed by atoms with E-state index in [1.165, 1.54) is 0 Å². The Morgan fingerprint density at radius 1 is 1.17 bits per heavy atom. The Hall–Kier alpha value is 0.830. The molecule has 2 heteroatoms. The van der Waals surface area contributed by atoms with Gasteiger partial charge in [-0.2, -0.15) is 0 Å². The SMILES string of the molecule is CCNCC.[Hf]. The molecule has 0 rings (SSSR count). The first-order valence-electron chi connectivity index (χ1n) is 2.12. The van der Waals surface area contributed by atoms with E-state index in [1.54, 1.807) is 0 Å². The minimum Gasteiger partial charge on any atom is -0.317 e. The predicted molar refractivity (Wildman–Crippen MR) is 24.2 cm³/mol. The van der Waals surface area contributed by atoms with Crippen LogP contribution in [0, 0.1) is 0 Å². The van der Waals surface area contributed by atoms with Crippen LogP contribution in [0.4, 0.5) is 0 Å². The molecule has 0 radical (unpaired) electrons. The summed E-state index contributed by atoms with van der Waals surface area (Å²) >= 11 is 0. The minimum atomic E-state index is 0. The van der Waals surface area contributed by atoms with Crippen molar-refractivity contribution in [3.05, 3.63) is 0 Å². The summed E-state index contributed by atoms with van der Waals surface area (Å²) < 4.78 is 0. The van der Waals surface area contributed by atoms with Crippen molar-refractivity contribution in [1.29, 1.82) is 0 Å². The topological polar surface area (TPSA) is 12.0 Å². The largest absolute Gasteiger partial charge is 0.317 e. The summed E-state index contributed by atoms with van der Waals surface area (Å²) in [6.07, 6.45) is 0. The zero-order valence-corrected chi connectivity index (χ0v) is 8.01. The maximum atomic E-state index is 3.11. The van der Waals surface area contributed by atoms with E-state index in [2.05, 4.69) is 19.2 Å². The van der Waals surface area contributed by atoms with E-state index < -0.39 is 0 Å². The van der Waals surface area contributed by atoms with E-state index in [0.717, 1.165) is 13.1 Å². The summed E-state index contributed by atoms with van der Waals surface area (Å²) in [5.74, 6) is 0. The average molecular weight is 252 g/mol. The van der Waals surface area contributed by atoms with Gasteiger partial charge in [0.25, 0.3) is 0 Å². The van der Waals surface area contributed by atoms with Crippen LogP contribution >= 0.6 is 0 Å². The van der Waals surface area contributed by atoms with E-state index in [9.17, 15) is 0 Å². The van der Waals surface area contributed by atoms with Crippen molar-refractivity contribution < 1.29 is 25.8 Å². The van der Waals surface area contributed by atoms with Gasteiger partial charge in [-0.3, -0.25) is 0 Å². The fraction of sp³-hybridized carbons (Fsp3) is 1.00. The van der Waals surface area contributed by atoms with Crippen LogP contribution in [-0.4, -0.2) is 13.1 Å². The maximum Gasteiger partial charge on any atom is 0 e. The summed E-state index contributed by atoms with van der Waals surface area (Å²) in [5, 5.41) is 3.11. The van der Waals surface area contributed by atoms with Crippen LogP contribution in [0.25, 0.3) is 0 Å². The van der Waals surface area contributed by atoms with Gasteiger partial charge in [-0.15, -0.1) is 0 Å². The molecular weight excluding hydrogens is 241 g/mol. The van der Waals surface area contributed by atoms with Gasteiger partial charge in [0, 0.05) is 25.8 Å². The molecule has 0 amide bonds. The molecule has 0 heterocycles. The van der Waals surface area contributed by atoms with Crippen LogP contribution in [0.5, 0.6) is 0 Å². The summed E-state index contributed by atoms with van der Waals surface area (Å²) in [6.45, 7) is 6.39. The van der Waals surface area contributed by atoms with Crippen LogP contribution < -0.4 is 5.32 Å². The molecule has 0 atom stereocenters. The Morgan fingerprint density at radius 2 is 1.50 bits per heavy atom. The number of nitrogens with one attached hydrogen (secondary N) is 1. The second-order valence-corrected chi connectivity index (χ2v) is 0.957. The average Bonchev–Trinajstić information content (AvgIpc) is 1.41. The first-order chi connectivity index (χ1) is 2.41. The molecule has 0 aromatic rings. The predicted octanol–water partition coefficient (Wildman–Crippen LogP) is 0.613. The molecule has 36 valence electrons. The van der Waals surface area contributed by atoms with E-state index in [1.807, 2.05) is 0 Å². The van der Waals surface area contributed by atoms with Crippen LogP contribution in [0.2, 0.25) is 0 Å². The normalized spacial score (nSPS) is 7.00. The molecule has 0 spiro atoms. The second-order valence-electron chi connectivity index (χ2n) is 0.957. The number of hydrogen-bond acceptors (Lipinski definition) is 1. The molecule has 1 nitrogen and oxygen atoms in total. The zero-order chi connectivity index (χ0) is 4.12. The second kappa shape index (κ2) is 9.27. The Morgan fingerprint density at radius 3 is 1.50 bits per heavy atom. The van der Waals surface area contributed by atoms with Gasteiger partial charge in [-0.25, -0.2) is 0 Å². The Balaban J connectivity index is 0. The van der Waals surface area contributed by atoms with Crippen molar-refractivity contribution in [3.63, 3.8) is 0 Å². The van der Waals surface area contributed by atoms with Crippen LogP contribution in [-0.2, 0) is 25.8 Å². The molecule has 0 aliphatic heterocycles. The van der Waals surface area contributed by atoms with Gasteiger partial charge in [-0.05, 0) is 13.1 Å². The maximum absolute atomic E-state index is 3.11. The molecule has 0 bridgehead atoms. The van der Waals surface area contributed by atoms with Gasteiger partial charge in [-0.1, -0.05) is 13.8 Å². The third kappa shape index (κ3) is 8.85. The van der Waals surface area contributed by atoms with Crippen molar-refractivity contribution in [2.24, 2.45) is 0 Å². The summed E-state index contributed by atoms with van der Waals surface area (Å²) in [4.78, 5) is 0. The summed E-state index contributed by atoms with van der Waals surface area (Å²) in [5.41, 5.74) is 0. The fourth-order valence-corrected chi connectivity index (χ4v) is 0.250. The zero-order valence-electron chi connectivity index (χ0n) is 4.41. The van der Waals surface area contributed by atoms with Gasteiger partial charge in [0.05, 0.1) is 0 Å². The molecule has 0 saturated heterocycles. The Bertz CT molecular complexity index is 15.0. The molecular formula is C4H11HfN. The first kappa shape index (κ1) is 9.95. The molecule has 0 unspecified atom stereocenters. The summed E-state index contributed by atoms with van der Waals surface area (Å²) in [7, 11) is 0. The van der Waals surface area contributed by atoms with Gasteiger partial charge in [0.15, 0.2) is 0 Å². The molecule has 0 aliphatic rings. The summed E-state index contributed by atoms with van der Waals surface area (Å²) in [6, 6.07) is 0. The molecule has 6 heavy (non-hydrogen) atoms. The van der Waals surface area contributed by atoms with Gasteiger partial charge >= 0.3 is 0 Å². The molecule has 0 saturated carbocycles. The quantitative estimate of drug-likeness (QED) is 0.710. The number of rotatable bonds is 2. The van der Waals surface area contributed by atoms with E-state index in [0.29, 0.717) is 0 Å². The Labute approximate surface area is 58.3 Å². The van der Waals surface area contributed by atoms with Crippen molar-refractivity contribution in [3.8, 4) is 0 Å². The van der Waals surface area contributed by atoms with Gasteiger partial charge in [0.2, 0.25) is 0 Å². The third-order valence-electron chi connectivity index (χ3n) is 0.500. The van der Waals surface area contributed by atoms with E-state index >= 15 is 0 Å². The van der Waals surface area contributed by atoms with E-state index in [4.69, 9.17) is 0 Å². The molecule has 1 N–H and O–H groups in total. The van der Waals surface area contributed by atoms with Crippen molar-refractivity contribution in [2.45, 2.75) is 13.8 Å². The molecule has 0 fully saturated rings. The molecule has 0 aliphatic carbocycles.